The summed E-state index contributed by atoms with van der Waals surface area (Å²) in [5, 5.41) is 11.2. The Kier molecular flexibility index (Phi) is 6.10. The summed E-state index contributed by atoms with van der Waals surface area (Å²) in [4.78, 5) is 14.8. The van der Waals surface area contributed by atoms with Gasteiger partial charge in [-0.2, -0.15) is 0 Å². The van der Waals surface area contributed by atoms with Crippen LogP contribution in [0.15, 0.2) is 36.1 Å². The third kappa shape index (κ3) is 4.29. The van der Waals surface area contributed by atoms with Gasteiger partial charge in [-0.25, -0.2) is 0 Å². The molecule has 0 radical (unpaired) electrons. The average molecular weight is 406 g/mol. The Hall–Kier alpha value is -2.01. The molecule has 1 N–H and O–H groups in total. The van der Waals surface area contributed by atoms with E-state index in [0.717, 1.165) is 19.4 Å². The molecule has 142 valence electrons. The molecule has 0 saturated carbocycles. The van der Waals surface area contributed by atoms with Gasteiger partial charge < -0.3 is 14.7 Å². The fourth-order valence-electron chi connectivity index (χ4n) is 2.98. The predicted octanol–water partition coefficient (Wildman–Crippen LogP) is 5.55. The predicted molar refractivity (Wildman–Crippen MR) is 109 cm³/mol. The summed E-state index contributed by atoms with van der Waals surface area (Å²) in [5.41, 5.74) is 1.79. The molecule has 0 bridgehead atoms. The molecular weight excluding hydrogens is 385 g/mol. The van der Waals surface area contributed by atoms with Gasteiger partial charge in [0.1, 0.15) is 11.5 Å². The lowest BCUT2D eigenvalue weighted by atomic mass is 10.0. The van der Waals surface area contributed by atoms with Crippen molar-refractivity contribution in [3.63, 3.8) is 0 Å². The van der Waals surface area contributed by atoms with Crippen LogP contribution in [0.3, 0.4) is 0 Å². The van der Waals surface area contributed by atoms with E-state index in [2.05, 4.69) is 11.8 Å². The number of allylic oxidation sites excluding steroid dienone is 1. The lowest BCUT2D eigenvalue weighted by Gasteiger charge is -2.18. The van der Waals surface area contributed by atoms with E-state index < -0.39 is 0 Å². The first-order valence-corrected chi connectivity index (χ1v) is 9.59. The van der Waals surface area contributed by atoms with Gasteiger partial charge in [-0.05, 0) is 55.9 Å². The van der Waals surface area contributed by atoms with Crippen LogP contribution in [0, 0.1) is 0 Å². The van der Waals surface area contributed by atoms with E-state index in [1.807, 2.05) is 7.05 Å². The lowest BCUT2D eigenvalue weighted by Crippen LogP contribution is -2.19. The number of unbranched alkanes of at least 4 members (excludes halogenated alkanes) is 1. The van der Waals surface area contributed by atoms with Crippen molar-refractivity contribution in [3.8, 4) is 11.5 Å². The van der Waals surface area contributed by atoms with Gasteiger partial charge in [0, 0.05) is 6.54 Å². The summed E-state index contributed by atoms with van der Waals surface area (Å²) in [6.45, 7) is 3.54. The molecule has 2 aromatic rings. The van der Waals surface area contributed by atoms with Gasteiger partial charge in [-0.1, -0.05) is 42.6 Å². The second kappa shape index (κ2) is 8.34. The Morgan fingerprint density at radius 1 is 1.19 bits per heavy atom. The molecule has 2 aromatic carbocycles. The molecule has 0 fully saturated rings. The minimum absolute atomic E-state index is 0.126. The number of aromatic hydroxyl groups is 1. The molecule has 0 unspecified atom stereocenters. The number of benzene rings is 2. The van der Waals surface area contributed by atoms with Gasteiger partial charge in [0.2, 0.25) is 5.78 Å². The number of carbonyl (C=O) groups is 1. The number of halogens is 2. The Bertz CT molecular complexity index is 909. The molecule has 27 heavy (non-hydrogen) atoms. The molecule has 0 aromatic heterocycles. The van der Waals surface area contributed by atoms with Crippen LogP contribution in [-0.2, 0) is 6.54 Å². The molecule has 3 rings (SSSR count). The quantitative estimate of drug-likeness (QED) is 0.640. The Morgan fingerprint density at radius 2 is 1.96 bits per heavy atom. The lowest BCUT2D eigenvalue weighted by molar-refractivity contribution is 0.101. The van der Waals surface area contributed by atoms with Gasteiger partial charge in [0.05, 0.1) is 21.2 Å². The molecular formula is C21H21Cl2NO3. The zero-order chi connectivity index (χ0) is 19.6. The van der Waals surface area contributed by atoms with Gasteiger partial charge >= 0.3 is 0 Å². The van der Waals surface area contributed by atoms with E-state index in [1.165, 1.54) is 0 Å². The summed E-state index contributed by atoms with van der Waals surface area (Å²) in [7, 11) is 1.98. The maximum atomic E-state index is 12.7. The summed E-state index contributed by atoms with van der Waals surface area (Å²) < 4.78 is 5.86. The van der Waals surface area contributed by atoms with Crippen LogP contribution < -0.4 is 4.74 Å². The molecule has 0 saturated heterocycles. The second-order valence-corrected chi connectivity index (χ2v) is 7.46. The molecule has 0 atom stereocenters. The second-order valence-electron chi connectivity index (χ2n) is 6.64. The minimum atomic E-state index is -0.214. The number of hydrogen-bond donors (Lipinski definition) is 1. The zero-order valence-electron chi connectivity index (χ0n) is 15.3. The zero-order valence-corrected chi connectivity index (χ0v) is 16.8. The first kappa shape index (κ1) is 19.7. The fourth-order valence-corrected chi connectivity index (χ4v) is 3.29. The Balaban J connectivity index is 1.91. The highest BCUT2D eigenvalue weighted by molar-refractivity contribution is 6.42. The first-order chi connectivity index (χ1) is 12.9. The number of Topliss-reactive ketones (excluding diaryl/α,β-unsaturated/α-hetero) is 1. The number of rotatable bonds is 6. The topological polar surface area (TPSA) is 49.8 Å². The van der Waals surface area contributed by atoms with E-state index in [9.17, 15) is 9.90 Å². The van der Waals surface area contributed by atoms with Crippen LogP contribution in [0.25, 0.3) is 6.08 Å². The van der Waals surface area contributed by atoms with Gasteiger partial charge in [0.25, 0.3) is 0 Å². The number of ether oxygens (including phenoxy) is 1. The van der Waals surface area contributed by atoms with Crippen molar-refractivity contribution < 1.29 is 14.6 Å². The van der Waals surface area contributed by atoms with Crippen LogP contribution in [0.2, 0.25) is 10.0 Å². The van der Waals surface area contributed by atoms with Crippen LogP contribution in [0.1, 0.15) is 41.3 Å². The largest absolute Gasteiger partial charge is 0.507 e. The van der Waals surface area contributed by atoms with Crippen molar-refractivity contribution >= 4 is 35.1 Å². The summed E-state index contributed by atoms with van der Waals surface area (Å²) in [6.07, 6.45) is 3.79. The van der Waals surface area contributed by atoms with Gasteiger partial charge in [-0.15, -0.1) is 0 Å². The summed E-state index contributed by atoms with van der Waals surface area (Å²) in [6, 6.07) is 8.25. The maximum absolute atomic E-state index is 12.7. The first-order valence-electron chi connectivity index (χ1n) is 8.83. The fraction of sp³-hybridized carbons (Fsp3) is 0.286. The average Bonchev–Trinajstić information content (AvgIpc) is 2.95. The third-order valence-electron chi connectivity index (χ3n) is 4.48. The number of phenols is 1. The summed E-state index contributed by atoms with van der Waals surface area (Å²) >= 11 is 12.0. The Labute approximate surface area is 169 Å². The standard InChI is InChI=1S/C21H21Cl2NO3/c1-3-4-9-24(2)12-15-18(25)8-6-14-20(26)19(27-21(14)15)11-13-5-7-16(22)17(23)10-13/h5-8,10-11,25H,3-4,9,12H2,1-2H3/b19-11-. The molecule has 1 heterocycles. The molecule has 6 heteroatoms. The van der Waals surface area contributed by atoms with Crippen molar-refractivity contribution in [2.75, 3.05) is 13.6 Å². The van der Waals surface area contributed by atoms with Crippen molar-refractivity contribution in [1.29, 1.82) is 0 Å². The van der Waals surface area contributed by atoms with Crippen LogP contribution >= 0.6 is 23.2 Å². The van der Waals surface area contributed by atoms with E-state index in [4.69, 9.17) is 27.9 Å². The molecule has 0 aliphatic carbocycles. The number of phenolic OH excluding ortho intramolecular Hbond substituents is 1. The van der Waals surface area contributed by atoms with E-state index in [0.29, 0.717) is 39.0 Å². The van der Waals surface area contributed by atoms with Gasteiger partial charge in [-0.3, -0.25) is 4.79 Å². The minimum Gasteiger partial charge on any atom is -0.507 e. The Morgan fingerprint density at radius 3 is 2.67 bits per heavy atom. The van der Waals surface area contributed by atoms with Crippen molar-refractivity contribution in [2.45, 2.75) is 26.3 Å². The SMILES string of the molecule is CCCCN(C)Cc1c(O)ccc2c1O/C(=C\c1ccc(Cl)c(Cl)c1)C2=O. The maximum Gasteiger partial charge on any atom is 0.231 e. The number of fused-ring (bicyclic) bond motifs is 1. The smallest absolute Gasteiger partial charge is 0.231 e. The highest BCUT2D eigenvalue weighted by atomic mass is 35.5. The molecule has 0 spiro atoms. The van der Waals surface area contributed by atoms with Crippen LogP contribution in [0.4, 0.5) is 0 Å². The molecule has 1 aliphatic rings. The van der Waals surface area contributed by atoms with E-state index >= 15 is 0 Å². The third-order valence-corrected chi connectivity index (χ3v) is 5.22. The molecule has 1 aliphatic heterocycles. The number of carbonyl (C=O) groups excluding carboxylic acids is 1. The number of ketones is 1. The highest BCUT2D eigenvalue weighted by Gasteiger charge is 2.31. The van der Waals surface area contributed by atoms with Crippen molar-refractivity contribution in [3.05, 3.63) is 62.8 Å². The number of nitrogens with zero attached hydrogens (tertiary/aromatic N) is 1. The van der Waals surface area contributed by atoms with Crippen molar-refractivity contribution in [1.82, 2.24) is 4.90 Å². The number of hydrogen-bond acceptors (Lipinski definition) is 4. The van der Waals surface area contributed by atoms with Crippen LogP contribution in [-0.4, -0.2) is 29.4 Å². The summed E-state index contributed by atoms with van der Waals surface area (Å²) in [5.74, 6) is 0.537. The van der Waals surface area contributed by atoms with E-state index in [-0.39, 0.29) is 17.3 Å². The molecule has 0 amide bonds. The highest BCUT2D eigenvalue weighted by Crippen LogP contribution is 2.40. The van der Waals surface area contributed by atoms with Crippen molar-refractivity contribution in [2.24, 2.45) is 0 Å². The molecule has 4 nitrogen and oxygen atoms in total. The monoisotopic (exact) mass is 405 g/mol. The van der Waals surface area contributed by atoms with E-state index in [1.54, 1.807) is 36.4 Å². The van der Waals surface area contributed by atoms with Crippen LogP contribution in [0.5, 0.6) is 11.5 Å². The normalized spacial score (nSPS) is 14.7. The van der Waals surface area contributed by atoms with Gasteiger partial charge in [0.15, 0.2) is 5.76 Å².